The first-order chi connectivity index (χ1) is 37.0. The number of hydrogen-bond donors (Lipinski definition) is 0. The molecule has 0 saturated heterocycles. The molecule has 0 spiro atoms. The largest absolute Gasteiger partial charge is 0.309 e. The summed E-state index contributed by atoms with van der Waals surface area (Å²) in [7, 11) is 0. The highest BCUT2D eigenvalue weighted by Gasteiger charge is 2.42. The van der Waals surface area contributed by atoms with Gasteiger partial charge in [-0.15, -0.1) is 0 Å². The zero-order valence-corrected chi connectivity index (χ0v) is 44.7. The molecular weight excluding hydrogens is 918 g/mol. The Kier molecular flexibility index (Phi) is 9.69. The number of aromatic nitrogens is 3. The molecule has 1 aliphatic carbocycles. The monoisotopic (exact) mass is 977 g/mol. The topological polar surface area (TPSA) is 14.8 Å². The van der Waals surface area contributed by atoms with Crippen molar-refractivity contribution in [1.29, 1.82) is 0 Å². The molecule has 3 aromatic heterocycles. The maximum Gasteiger partial charge on any atom is 0.243 e. The Morgan fingerprint density at radius 3 is 1.24 bits per heavy atom. The normalized spacial score (nSPS) is 13.7. The van der Waals surface area contributed by atoms with E-state index >= 15 is 0 Å². The maximum atomic E-state index is 2.63. The van der Waals surface area contributed by atoms with Crippen LogP contribution in [0.2, 0.25) is 0 Å². The predicted octanol–water partition coefficient (Wildman–Crippen LogP) is 17.2. The van der Waals surface area contributed by atoms with Crippen molar-refractivity contribution in [2.45, 2.75) is 78.6 Å². The fraction of sp³-hybridized carbons (Fsp3) is 0.167. The van der Waals surface area contributed by atoms with Crippen LogP contribution in [0.1, 0.15) is 101 Å². The van der Waals surface area contributed by atoms with Crippen molar-refractivity contribution < 1.29 is 0 Å². The van der Waals surface area contributed by atoms with Crippen molar-refractivity contribution in [3.63, 3.8) is 0 Å². The summed E-state index contributed by atoms with van der Waals surface area (Å²) in [6, 6.07) is 76.6. The van der Waals surface area contributed by atoms with E-state index in [1.807, 2.05) is 0 Å². The highest BCUT2D eigenvalue weighted by Crippen LogP contribution is 2.50. The average Bonchev–Trinajstić information content (AvgIpc) is 4.25. The molecule has 2 aliphatic rings. The standard InChI is InChI=1S/C72H60BN3/c1-42(2)45-35-54(43(3)4)71(55(36-45)44(5)6)73-63-32-29-46(37-57(63)58-40-56-49-19-9-14-24-61(49)72(7,8)62(56)41-64(58)73)76-69-33-30-47(74-65-25-15-10-20-50(65)51-21-11-16-26-66(51)74)38-59(69)60-39-48(31-34-70(60)76)75-67-27-17-12-22-52(67)53-23-13-18-28-68(53)75/h9-44H,1-8H3. The third-order valence-corrected chi connectivity index (χ3v) is 17.8. The van der Waals surface area contributed by atoms with Crippen molar-refractivity contribution in [1.82, 2.24) is 13.7 Å². The van der Waals surface area contributed by atoms with E-state index < -0.39 is 0 Å². The Balaban J connectivity index is 1.01. The lowest BCUT2D eigenvalue weighted by Crippen LogP contribution is -2.52. The second-order valence-electron chi connectivity index (χ2n) is 23.4. The van der Waals surface area contributed by atoms with Crippen LogP contribution in [0.4, 0.5) is 0 Å². The van der Waals surface area contributed by atoms with E-state index in [9.17, 15) is 0 Å². The van der Waals surface area contributed by atoms with Gasteiger partial charge in [0.1, 0.15) is 0 Å². The molecule has 10 aromatic carbocycles. The Bertz CT molecular complexity index is 4300. The van der Waals surface area contributed by atoms with E-state index in [1.165, 1.54) is 138 Å². The average molecular weight is 978 g/mol. The molecule has 0 amide bonds. The zero-order chi connectivity index (χ0) is 51.5. The van der Waals surface area contributed by atoms with Crippen molar-refractivity contribution >= 4 is 88.5 Å². The van der Waals surface area contributed by atoms with Gasteiger partial charge in [0.15, 0.2) is 0 Å². The first kappa shape index (κ1) is 45.1. The third-order valence-electron chi connectivity index (χ3n) is 17.8. The van der Waals surface area contributed by atoms with Crippen LogP contribution in [-0.2, 0) is 5.41 Å². The zero-order valence-electron chi connectivity index (χ0n) is 44.7. The van der Waals surface area contributed by atoms with Crippen LogP contribution in [0.15, 0.2) is 200 Å². The van der Waals surface area contributed by atoms with Gasteiger partial charge in [0.25, 0.3) is 0 Å². The number of fused-ring (bicyclic) bond motifs is 15. The first-order valence-corrected chi connectivity index (χ1v) is 27.6. The quantitative estimate of drug-likeness (QED) is 0.141. The lowest BCUT2D eigenvalue weighted by molar-refractivity contribution is 0.661. The van der Waals surface area contributed by atoms with E-state index in [1.54, 1.807) is 0 Å². The van der Waals surface area contributed by atoms with Gasteiger partial charge in [-0.25, -0.2) is 0 Å². The molecule has 4 heterocycles. The molecule has 4 heteroatoms. The number of benzene rings is 10. The minimum absolute atomic E-state index is 0.0978. The summed E-state index contributed by atoms with van der Waals surface area (Å²) in [5.74, 6) is 1.18. The summed E-state index contributed by atoms with van der Waals surface area (Å²) in [5.41, 5.74) is 27.6. The van der Waals surface area contributed by atoms with Crippen LogP contribution < -0.4 is 16.4 Å². The van der Waals surface area contributed by atoms with E-state index in [2.05, 4.69) is 269 Å². The number of rotatable bonds is 7. The SMILES string of the molecule is CC(C)c1cc(C(C)C)c(B2c3ccc(-n4c5ccc(-n6c7ccccc7c7ccccc76)cc5c5cc(-n6c7ccccc7c7ccccc76)ccc54)cc3-c3cc4c(cc32)C(C)(C)c2ccccc2-4)c(C(C)C)c1. The molecule has 0 unspecified atom stereocenters. The second-order valence-corrected chi connectivity index (χ2v) is 23.4. The molecule has 366 valence electrons. The van der Waals surface area contributed by atoms with Crippen molar-refractivity contribution in [2.24, 2.45) is 0 Å². The highest BCUT2D eigenvalue weighted by molar-refractivity contribution is 6.99. The Morgan fingerprint density at radius 1 is 0.329 bits per heavy atom. The fourth-order valence-corrected chi connectivity index (χ4v) is 14.2. The minimum atomic E-state index is -0.117. The summed E-state index contributed by atoms with van der Waals surface area (Å²) in [6.07, 6.45) is 0. The molecule has 0 radical (unpaired) electrons. The molecule has 3 nitrogen and oxygen atoms in total. The smallest absolute Gasteiger partial charge is 0.243 e. The molecule has 0 saturated carbocycles. The summed E-state index contributed by atoms with van der Waals surface area (Å²) >= 11 is 0. The maximum absolute atomic E-state index is 2.63. The van der Waals surface area contributed by atoms with Crippen LogP contribution in [0.5, 0.6) is 0 Å². The molecule has 1 aliphatic heterocycles. The Labute approximate surface area is 445 Å². The molecule has 0 atom stereocenters. The summed E-state index contributed by atoms with van der Waals surface area (Å²) in [6.45, 7) is 19.2. The van der Waals surface area contributed by atoms with Crippen LogP contribution in [0.3, 0.4) is 0 Å². The molecule has 76 heavy (non-hydrogen) atoms. The molecular formula is C72H60BN3. The van der Waals surface area contributed by atoms with Crippen LogP contribution in [0, 0.1) is 0 Å². The van der Waals surface area contributed by atoms with Gasteiger partial charge in [-0.1, -0.05) is 193 Å². The van der Waals surface area contributed by atoms with Gasteiger partial charge >= 0.3 is 0 Å². The fourth-order valence-electron chi connectivity index (χ4n) is 14.2. The number of para-hydroxylation sites is 4. The second kappa shape index (κ2) is 16.3. The third kappa shape index (κ3) is 6.25. The summed E-state index contributed by atoms with van der Waals surface area (Å²) in [5, 5.41) is 7.50. The molecule has 15 rings (SSSR count). The van der Waals surface area contributed by atoms with Gasteiger partial charge in [0.05, 0.1) is 33.1 Å². The minimum Gasteiger partial charge on any atom is -0.309 e. The van der Waals surface area contributed by atoms with Crippen LogP contribution >= 0.6 is 0 Å². The molecule has 0 N–H and O–H groups in total. The number of nitrogens with zero attached hydrogens (tertiary/aromatic N) is 3. The Hall–Kier alpha value is -8.34. The predicted molar refractivity (Wildman–Crippen MR) is 326 cm³/mol. The van der Waals surface area contributed by atoms with Gasteiger partial charge < -0.3 is 13.7 Å². The number of hydrogen-bond acceptors (Lipinski definition) is 0. The van der Waals surface area contributed by atoms with Crippen LogP contribution in [0.25, 0.3) is 105 Å². The lowest BCUT2D eigenvalue weighted by Gasteiger charge is -2.27. The molecule has 0 bridgehead atoms. The van der Waals surface area contributed by atoms with E-state index in [4.69, 9.17) is 0 Å². The van der Waals surface area contributed by atoms with E-state index in [0.717, 1.165) is 11.4 Å². The van der Waals surface area contributed by atoms with Gasteiger partial charge in [-0.2, -0.15) is 0 Å². The van der Waals surface area contributed by atoms with Gasteiger partial charge in [0.2, 0.25) is 6.71 Å². The van der Waals surface area contributed by atoms with Crippen molar-refractivity contribution in [2.75, 3.05) is 0 Å². The Morgan fingerprint density at radius 2 is 0.750 bits per heavy atom. The van der Waals surface area contributed by atoms with Crippen molar-refractivity contribution in [3.05, 3.63) is 228 Å². The van der Waals surface area contributed by atoms with Crippen LogP contribution in [-0.4, -0.2) is 20.4 Å². The van der Waals surface area contributed by atoms with Gasteiger partial charge in [0, 0.05) is 54.8 Å². The van der Waals surface area contributed by atoms with Crippen molar-refractivity contribution in [3.8, 4) is 39.3 Å². The van der Waals surface area contributed by atoms with Gasteiger partial charge in [-0.05, 0) is 147 Å². The molecule has 0 fully saturated rings. The summed E-state index contributed by atoms with van der Waals surface area (Å²) in [4.78, 5) is 0. The van der Waals surface area contributed by atoms with E-state index in [-0.39, 0.29) is 12.1 Å². The first-order valence-electron chi connectivity index (χ1n) is 27.6. The summed E-state index contributed by atoms with van der Waals surface area (Å²) < 4.78 is 7.46. The molecule has 13 aromatic rings. The van der Waals surface area contributed by atoms with Gasteiger partial charge in [-0.3, -0.25) is 0 Å². The highest BCUT2D eigenvalue weighted by atomic mass is 15.0. The van der Waals surface area contributed by atoms with E-state index in [0.29, 0.717) is 17.8 Å². The lowest BCUT2D eigenvalue weighted by atomic mass is 9.36.